The second-order valence-corrected chi connectivity index (χ2v) is 16.1. The summed E-state index contributed by atoms with van der Waals surface area (Å²) in [6.45, 7) is 8.78. The Kier molecular flexibility index (Phi) is 6.01. The minimum absolute atomic E-state index is 0.441. The summed E-state index contributed by atoms with van der Waals surface area (Å²) in [5.74, 6) is 2.84. The van der Waals surface area contributed by atoms with Crippen LogP contribution in [-0.4, -0.2) is 19.2 Å². The van der Waals surface area contributed by atoms with Crippen LogP contribution >= 0.6 is 0 Å². The molecule has 0 radical (unpaired) electrons. The zero-order valence-electron chi connectivity index (χ0n) is 15.1. The Labute approximate surface area is 145 Å². The SMILES string of the molecule is CC(C)c1ccccc1[O][Sn]([CH3])([CH3])[O]c1ccccc1C(C)C. The molecule has 2 rings (SSSR count). The molecule has 0 atom stereocenters. The number of para-hydroxylation sites is 2. The standard InChI is InChI=1S/2C9H12O.2CH3.Sn/c2*1-7(2)8-5-3-4-6-9(8)10;;;/h2*3-7,10H,1-2H3;2*1H3;/q;;;;+2/p-2. The van der Waals surface area contributed by atoms with Crippen molar-refractivity contribution < 1.29 is 6.15 Å². The minimum atomic E-state index is -3.16. The predicted molar refractivity (Wildman–Crippen MR) is 99.8 cm³/mol. The molecule has 0 saturated heterocycles. The Balaban J connectivity index is 2.24. The molecule has 0 spiro atoms. The Morgan fingerprint density at radius 1 is 0.652 bits per heavy atom. The number of benzene rings is 2. The summed E-state index contributed by atoms with van der Waals surface area (Å²) in [6, 6.07) is 16.6. The van der Waals surface area contributed by atoms with Crippen LogP contribution in [0.3, 0.4) is 0 Å². The van der Waals surface area contributed by atoms with Gasteiger partial charge >= 0.3 is 146 Å². The zero-order chi connectivity index (χ0) is 17.0. The van der Waals surface area contributed by atoms with Gasteiger partial charge in [-0.15, -0.1) is 0 Å². The first-order chi connectivity index (χ1) is 10.8. The van der Waals surface area contributed by atoms with E-state index in [1.54, 1.807) is 0 Å². The predicted octanol–water partition coefficient (Wildman–Crippen LogP) is 6.09. The van der Waals surface area contributed by atoms with Gasteiger partial charge in [0.05, 0.1) is 0 Å². The Morgan fingerprint density at radius 2 is 1.00 bits per heavy atom. The van der Waals surface area contributed by atoms with E-state index < -0.39 is 19.2 Å². The normalized spacial score (nSPS) is 11.8. The molecule has 0 aliphatic rings. The Bertz CT molecular complexity index is 592. The fraction of sp³-hybridized carbons (Fsp3) is 0.400. The van der Waals surface area contributed by atoms with E-state index in [1.165, 1.54) is 11.1 Å². The molecule has 0 N–H and O–H groups in total. The summed E-state index contributed by atoms with van der Waals surface area (Å²) in [7, 11) is 0. The second kappa shape index (κ2) is 7.61. The van der Waals surface area contributed by atoms with Crippen molar-refractivity contribution >= 4 is 19.2 Å². The quantitative estimate of drug-likeness (QED) is 0.528. The summed E-state index contributed by atoms with van der Waals surface area (Å²) in [5, 5.41) is 0. The molecule has 0 aromatic heterocycles. The van der Waals surface area contributed by atoms with Crippen LogP contribution in [0.2, 0.25) is 9.88 Å². The second-order valence-electron chi connectivity index (χ2n) is 6.99. The summed E-state index contributed by atoms with van der Waals surface area (Å²) in [4.78, 5) is 4.34. The van der Waals surface area contributed by atoms with E-state index in [-0.39, 0.29) is 0 Å². The van der Waals surface area contributed by atoms with Gasteiger partial charge in [0.15, 0.2) is 0 Å². The molecule has 23 heavy (non-hydrogen) atoms. The van der Waals surface area contributed by atoms with E-state index in [1.807, 2.05) is 12.1 Å². The van der Waals surface area contributed by atoms with Crippen LogP contribution in [-0.2, 0) is 0 Å². The summed E-state index contributed by atoms with van der Waals surface area (Å²) >= 11 is -3.16. The molecule has 0 fully saturated rings. The molecule has 2 aromatic rings. The molecule has 0 aliphatic carbocycles. The first-order valence-electron chi connectivity index (χ1n) is 8.36. The van der Waals surface area contributed by atoms with Gasteiger partial charge in [0.1, 0.15) is 0 Å². The molecular weight excluding hydrogens is 391 g/mol. The van der Waals surface area contributed by atoms with Gasteiger partial charge < -0.3 is 0 Å². The van der Waals surface area contributed by atoms with Gasteiger partial charge in [-0.3, -0.25) is 0 Å². The van der Waals surface area contributed by atoms with E-state index in [4.69, 9.17) is 6.15 Å². The van der Waals surface area contributed by atoms with Gasteiger partial charge in [-0.05, 0) is 0 Å². The third-order valence-electron chi connectivity index (χ3n) is 3.79. The third-order valence-corrected chi connectivity index (χ3v) is 7.85. The van der Waals surface area contributed by atoms with E-state index in [2.05, 4.69) is 74.0 Å². The van der Waals surface area contributed by atoms with Crippen molar-refractivity contribution in [2.45, 2.75) is 49.4 Å². The Morgan fingerprint density at radius 3 is 1.35 bits per heavy atom. The fourth-order valence-corrected chi connectivity index (χ4v) is 6.85. The molecule has 0 bridgehead atoms. The molecule has 0 saturated carbocycles. The zero-order valence-corrected chi connectivity index (χ0v) is 17.9. The first kappa shape index (κ1) is 18.2. The molecule has 0 heterocycles. The number of hydrogen-bond donors (Lipinski definition) is 0. The van der Waals surface area contributed by atoms with Crippen molar-refractivity contribution in [3.8, 4) is 11.5 Å². The van der Waals surface area contributed by atoms with Crippen LogP contribution in [0.25, 0.3) is 0 Å². The molecule has 2 nitrogen and oxygen atoms in total. The van der Waals surface area contributed by atoms with Crippen molar-refractivity contribution in [3.63, 3.8) is 0 Å². The third kappa shape index (κ3) is 4.90. The molecule has 0 aliphatic heterocycles. The molecule has 0 amide bonds. The van der Waals surface area contributed by atoms with E-state index in [0.29, 0.717) is 11.8 Å². The van der Waals surface area contributed by atoms with Crippen molar-refractivity contribution in [2.24, 2.45) is 0 Å². The van der Waals surface area contributed by atoms with Crippen molar-refractivity contribution in [2.75, 3.05) is 0 Å². The molecule has 124 valence electrons. The van der Waals surface area contributed by atoms with Gasteiger partial charge in [-0.1, -0.05) is 0 Å². The first-order valence-corrected chi connectivity index (χ1v) is 16.4. The maximum atomic E-state index is 6.42. The fourth-order valence-electron chi connectivity index (χ4n) is 2.65. The van der Waals surface area contributed by atoms with E-state index >= 15 is 0 Å². The van der Waals surface area contributed by atoms with Crippen LogP contribution in [0.4, 0.5) is 0 Å². The van der Waals surface area contributed by atoms with Crippen molar-refractivity contribution in [1.29, 1.82) is 0 Å². The molecule has 2 aromatic carbocycles. The monoisotopic (exact) mass is 420 g/mol. The summed E-state index contributed by atoms with van der Waals surface area (Å²) in [6.07, 6.45) is 0. The van der Waals surface area contributed by atoms with Gasteiger partial charge in [0.25, 0.3) is 0 Å². The van der Waals surface area contributed by atoms with Gasteiger partial charge in [0, 0.05) is 0 Å². The van der Waals surface area contributed by atoms with E-state index in [9.17, 15) is 0 Å². The molecular formula is C20H28O2Sn. The summed E-state index contributed by atoms with van der Waals surface area (Å²) in [5.41, 5.74) is 2.50. The van der Waals surface area contributed by atoms with Gasteiger partial charge in [-0.25, -0.2) is 0 Å². The van der Waals surface area contributed by atoms with Crippen molar-refractivity contribution in [3.05, 3.63) is 59.7 Å². The molecule has 3 heteroatoms. The topological polar surface area (TPSA) is 18.5 Å². The maximum absolute atomic E-state index is 6.42. The number of hydrogen-bond acceptors (Lipinski definition) is 2. The van der Waals surface area contributed by atoms with Crippen LogP contribution in [0.1, 0.15) is 50.7 Å². The van der Waals surface area contributed by atoms with Gasteiger partial charge in [-0.2, -0.15) is 0 Å². The van der Waals surface area contributed by atoms with Crippen LogP contribution in [0.15, 0.2) is 48.5 Å². The molecule has 0 unspecified atom stereocenters. The van der Waals surface area contributed by atoms with Crippen LogP contribution < -0.4 is 6.15 Å². The van der Waals surface area contributed by atoms with Crippen molar-refractivity contribution in [1.82, 2.24) is 0 Å². The van der Waals surface area contributed by atoms with E-state index in [0.717, 1.165) is 11.5 Å². The number of rotatable bonds is 6. The van der Waals surface area contributed by atoms with Crippen LogP contribution in [0.5, 0.6) is 11.5 Å². The average Bonchev–Trinajstić information content (AvgIpc) is 2.47. The van der Waals surface area contributed by atoms with Gasteiger partial charge in [0.2, 0.25) is 0 Å². The van der Waals surface area contributed by atoms with Crippen LogP contribution in [0, 0.1) is 0 Å². The summed E-state index contributed by atoms with van der Waals surface area (Å²) < 4.78 is 12.8. The average molecular weight is 419 g/mol. The Hall–Kier alpha value is -1.16.